The minimum absolute atomic E-state index is 0.0153. The summed E-state index contributed by atoms with van der Waals surface area (Å²) in [5.74, 6) is 0. The normalized spacial score (nSPS) is 12.0. The summed E-state index contributed by atoms with van der Waals surface area (Å²) >= 11 is 0. The Hall–Kier alpha value is -1.03. The lowest BCUT2D eigenvalue weighted by Crippen LogP contribution is -2.33. The van der Waals surface area contributed by atoms with Crippen LogP contribution < -0.4 is 11.4 Å². The molecule has 1 heterocycles. The predicted molar refractivity (Wildman–Crippen MR) is 52.5 cm³/mol. The zero-order valence-corrected chi connectivity index (χ0v) is 8.45. The molecule has 74 valence electrons. The van der Waals surface area contributed by atoms with Gasteiger partial charge in [-0.05, 0) is 12.0 Å². The molecule has 4 heteroatoms. The summed E-state index contributed by atoms with van der Waals surface area (Å²) in [7, 11) is 1.74. The molecule has 0 amide bonds. The van der Waals surface area contributed by atoms with Crippen molar-refractivity contribution < 1.29 is 0 Å². The van der Waals surface area contributed by atoms with E-state index in [1.54, 1.807) is 28.6 Å². The van der Waals surface area contributed by atoms with Gasteiger partial charge in [-0.3, -0.25) is 4.57 Å². The molecular weight excluding hydrogens is 166 g/mol. The summed E-state index contributed by atoms with van der Waals surface area (Å²) in [6.07, 6.45) is 3.55. The quantitative estimate of drug-likeness (QED) is 0.726. The number of hydrogen-bond donors (Lipinski definition) is 1. The van der Waals surface area contributed by atoms with Crippen molar-refractivity contribution in [1.29, 1.82) is 0 Å². The third-order valence-electron chi connectivity index (χ3n) is 2.17. The zero-order chi connectivity index (χ0) is 10.1. The highest BCUT2D eigenvalue weighted by Gasteiger charge is 2.17. The Labute approximate surface area is 78.0 Å². The molecule has 0 radical (unpaired) electrons. The lowest BCUT2D eigenvalue weighted by molar-refractivity contribution is 0.312. The molecule has 1 aromatic heterocycles. The van der Waals surface area contributed by atoms with E-state index in [1.165, 1.54) is 0 Å². The van der Waals surface area contributed by atoms with Crippen LogP contribution in [0, 0.1) is 5.41 Å². The first-order valence-electron chi connectivity index (χ1n) is 4.38. The van der Waals surface area contributed by atoms with Gasteiger partial charge in [-0.15, -0.1) is 0 Å². The third kappa shape index (κ3) is 2.21. The maximum absolute atomic E-state index is 11.4. The molecule has 0 bridgehead atoms. The molecule has 0 spiro atoms. The standard InChI is InChI=1S/C9H17N3O/c1-9(2,6-10)7-12-5-4-11(3)8(12)13/h4-5H,6-7,10H2,1-3H3. The number of imidazole rings is 1. The predicted octanol–water partition coefficient (Wildman–Crippen LogP) is 0.172. The second-order valence-electron chi connectivity index (χ2n) is 4.19. The van der Waals surface area contributed by atoms with Crippen molar-refractivity contribution >= 4 is 0 Å². The van der Waals surface area contributed by atoms with Gasteiger partial charge in [0.1, 0.15) is 0 Å². The van der Waals surface area contributed by atoms with E-state index in [0.29, 0.717) is 13.1 Å². The minimum atomic E-state index is -0.0226. The Kier molecular flexibility index (Phi) is 2.61. The van der Waals surface area contributed by atoms with E-state index in [9.17, 15) is 4.79 Å². The number of nitrogens with zero attached hydrogens (tertiary/aromatic N) is 2. The summed E-state index contributed by atoms with van der Waals surface area (Å²) in [5.41, 5.74) is 5.58. The number of rotatable bonds is 3. The van der Waals surface area contributed by atoms with Gasteiger partial charge in [0.2, 0.25) is 0 Å². The first-order chi connectivity index (χ1) is 5.96. The zero-order valence-electron chi connectivity index (χ0n) is 8.45. The maximum atomic E-state index is 11.4. The van der Waals surface area contributed by atoms with Crippen molar-refractivity contribution in [3.8, 4) is 0 Å². The second-order valence-corrected chi connectivity index (χ2v) is 4.19. The monoisotopic (exact) mass is 183 g/mol. The molecule has 0 aliphatic rings. The van der Waals surface area contributed by atoms with Crippen LogP contribution in [0.5, 0.6) is 0 Å². The van der Waals surface area contributed by atoms with Crippen LogP contribution in [0.25, 0.3) is 0 Å². The third-order valence-corrected chi connectivity index (χ3v) is 2.17. The fraction of sp³-hybridized carbons (Fsp3) is 0.667. The van der Waals surface area contributed by atoms with E-state index in [-0.39, 0.29) is 11.1 Å². The Morgan fingerprint density at radius 3 is 2.46 bits per heavy atom. The maximum Gasteiger partial charge on any atom is 0.327 e. The second kappa shape index (κ2) is 3.38. The molecule has 0 fully saturated rings. The van der Waals surface area contributed by atoms with Gasteiger partial charge in [-0.1, -0.05) is 13.8 Å². The molecular formula is C9H17N3O. The van der Waals surface area contributed by atoms with Crippen LogP contribution in [0.1, 0.15) is 13.8 Å². The van der Waals surface area contributed by atoms with Crippen molar-refractivity contribution in [2.45, 2.75) is 20.4 Å². The Bertz CT molecular complexity index is 335. The van der Waals surface area contributed by atoms with Gasteiger partial charge >= 0.3 is 5.69 Å². The van der Waals surface area contributed by atoms with Crippen molar-refractivity contribution in [3.05, 3.63) is 22.9 Å². The van der Waals surface area contributed by atoms with Gasteiger partial charge in [0.05, 0.1) is 0 Å². The summed E-state index contributed by atoms with van der Waals surface area (Å²) in [6, 6.07) is 0. The molecule has 4 nitrogen and oxygen atoms in total. The van der Waals surface area contributed by atoms with E-state index in [0.717, 1.165) is 0 Å². The molecule has 1 aromatic rings. The smallest absolute Gasteiger partial charge is 0.327 e. The highest BCUT2D eigenvalue weighted by Crippen LogP contribution is 2.14. The SMILES string of the molecule is Cn1ccn(CC(C)(C)CN)c1=O. The molecule has 0 unspecified atom stereocenters. The van der Waals surface area contributed by atoms with Crippen LogP contribution >= 0.6 is 0 Å². The fourth-order valence-electron chi connectivity index (χ4n) is 1.16. The highest BCUT2D eigenvalue weighted by atomic mass is 16.1. The van der Waals surface area contributed by atoms with Crippen molar-refractivity contribution in [2.75, 3.05) is 6.54 Å². The van der Waals surface area contributed by atoms with Crippen LogP contribution in [-0.2, 0) is 13.6 Å². The van der Waals surface area contributed by atoms with Crippen LogP contribution in [-0.4, -0.2) is 15.7 Å². The van der Waals surface area contributed by atoms with Gasteiger partial charge in [0, 0.05) is 26.0 Å². The fourth-order valence-corrected chi connectivity index (χ4v) is 1.16. The van der Waals surface area contributed by atoms with Gasteiger partial charge in [0.25, 0.3) is 0 Å². The van der Waals surface area contributed by atoms with E-state index in [4.69, 9.17) is 5.73 Å². The Morgan fingerprint density at radius 2 is 2.08 bits per heavy atom. The van der Waals surface area contributed by atoms with Gasteiger partial charge in [0.15, 0.2) is 0 Å². The van der Waals surface area contributed by atoms with Crippen LogP contribution in [0.3, 0.4) is 0 Å². The summed E-state index contributed by atoms with van der Waals surface area (Å²) in [4.78, 5) is 11.4. The lowest BCUT2D eigenvalue weighted by atomic mass is 9.94. The van der Waals surface area contributed by atoms with Crippen molar-refractivity contribution in [3.63, 3.8) is 0 Å². The molecule has 0 aliphatic carbocycles. The van der Waals surface area contributed by atoms with Gasteiger partial charge in [-0.25, -0.2) is 4.79 Å². The lowest BCUT2D eigenvalue weighted by Gasteiger charge is -2.21. The minimum Gasteiger partial charge on any atom is -0.330 e. The molecule has 1 rings (SSSR count). The molecule has 0 saturated carbocycles. The Balaban J connectivity index is 2.87. The molecule has 13 heavy (non-hydrogen) atoms. The number of aryl methyl sites for hydroxylation is 1. The van der Waals surface area contributed by atoms with E-state index in [2.05, 4.69) is 0 Å². The number of nitrogens with two attached hydrogens (primary N) is 1. The van der Waals surface area contributed by atoms with E-state index in [1.807, 2.05) is 13.8 Å². The molecule has 0 saturated heterocycles. The van der Waals surface area contributed by atoms with E-state index >= 15 is 0 Å². The van der Waals surface area contributed by atoms with Crippen molar-refractivity contribution in [1.82, 2.24) is 9.13 Å². The van der Waals surface area contributed by atoms with Crippen LogP contribution in [0.4, 0.5) is 0 Å². The topological polar surface area (TPSA) is 52.9 Å². The average molecular weight is 183 g/mol. The molecule has 0 atom stereocenters. The van der Waals surface area contributed by atoms with E-state index < -0.39 is 0 Å². The summed E-state index contributed by atoms with van der Waals surface area (Å²) < 4.78 is 3.25. The molecule has 0 aromatic carbocycles. The summed E-state index contributed by atoms with van der Waals surface area (Å²) in [5, 5.41) is 0. The molecule has 2 N–H and O–H groups in total. The average Bonchev–Trinajstić information content (AvgIpc) is 2.36. The summed E-state index contributed by atoms with van der Waals surface area (Å²) in [6.45, 7) is 5.34. The van der Waals surface area contributed by atoms with Gasteiger partial charge in [-0.2, -0.15) is 0 Å². The first-order valence-corrected chi connectivity index (χ1v) is 4.38. The Morgan fingerprint density at radius 1 is 1.46 bits per heavy atom. The van der Waals surface area contributed by atoms with Crippen LogP contribution in [0.2, 0.25) is 0 Å². The first kappa shape index (κ1) is 10.1. The molecule has 0 aliphatic heterocycles. The van der Waals surface area contributed by atoms with Crippen LogP contribution in [0.15, 0.2) is 17.2 Å². The highest BCUT2D eigenvalue weighted by molar-refractivity contribution is 4.83. The number of hydrogen-bond acceptors (Lipinski definition) is 2. The van der Waals surface area contributed by atoms with Gasteiger partial charge < -0.3 is 10.3 Å². The number of aromatic nitrogens is 2. The largest absolute Gasteiger partial charge is 0.330 e. The van der Waals surface area contributed by atoms with Crippen molar-refractivity contribution in [2.24, 2.45) is 18.2 Å².